The summed E-state index contributed by atoms with van der Waals surface area (Å²) in [6.45, 7) is 3.36. The summed E-state index contributed by atoms with van der Waals surface area (Å²) in [7, 11) is 0. The Morgan fingerprint density at radius 1 is 1.11 bits per heavy atom. The first kappa shape index (κ1) is 12.5. The van der Waals surface area contributed by atoms with Gasteiger partial charge in [-0.15, -0.1) is 0 Å². The zero-order valence-electron chi connectivity index (χ0n) is 11.4. The summed E-state index contributed by atoms with van der Waals surface area (Å²) in [5.41, 5.74) is -1.12. The second kappa shape index (κ2) is 3.72. The number of aliphatic hydroxyl groups is 1. The number of carboxylic acid groups (broad SMARTS) is 1. The van der Waals surface area contributed by atoms with E-state index in [1.54, 1.807) is 13.8 Å². The molecule has 1 unspecified atom stereocenters. The molecule has 4 saturated carbocycles. The minimum atomic E-state index is -1.02. The standard InChI is InChI=1S/C15H24O3/c1-14(2,13(17)18)12(16)15-6-9-3-10(7-15)5-11(4-9)8-15/h9-12,16H,3-8H2,1-2H3,(H,17,18). The van der Waals surface area contributed by atoms with Crippen molar-refractivity contribution in [1.82, 2.24) is 0 Å². The lowest BCUT2D eigenvalue weighted by atomic mass is 9.46. The van der Waals surface area contributed by atoms with Gasteiger partial charge in [0.05, 0.1) is 11.5 Å². The zero-order chi connectivity index (χ0) is 13.1. The third-order valence-corrected chi connectivity index (χ3v) is 5.90. The van der Waals surface area contributed by atoms with E-state index in [1.165, 1.54) is 19.3 Å². The summed E-state index contributed by atoms with van der Waals surface area (Å²) in [6.07, 6.45) is 6.42. The Morgan fingerprint density at radius 2 is 1.50 bits per heavy atom. The molecule has 0 aromatic rings. The number of aliphatic carboxylic acids is 1. The van der Waals surface area contributed by atoms with Gasteiger partial charge in [0.1, 0.15) is 0 Å². The molecule has 3 heteroatoms. The van der Waals surface area contributed by atoms with Crippen LogP contribution >= 0.6 is 0 Å². The van der Waals surface area contributed by atoms with Crippen LogP contribution in [0.2, 0.25) is 0 Å². The molecule has 4 rings (SSSR count). The van der Waals surface area contributed by atoms with Crippen molar-refractivity contribution in [3.8, 4) is 0 Å². The van der Waals surface area contributed by atoms with E-state index in [0.29, 0.717) is 0 Å². The molecule has 0 saturated heterocycles. The van der Waals surface area contributed by atoms with Crippen molar-refractivity contribution in [2.24, 2.45) is 28.6 Å². The quantitative estimate of drug-likeness (QED) is 0.812. The van der Waals surface area contributed by atoms with Crippen molar-refractivity contribution < 1.29 is 15.0 Å². The maximum Gasteiger partial charge on any atom is 0.311 e. The largest absolute Gasteiger partial charge is 0.481 e. The van der Waals surface area contributed by atoms with Gasteiger partial charge in [-0.3, -0.25) is 4.79 Å². The smallest absolute Gasteiger partial charge is 0.311 e. The second-order valence-corrected chi connectivity index (χ2v) is 7.71. The average molecular weight is 252 g/mol. The normalized spacial score (nSPS) is 44.1. The highest BCUT2D eigenvalue weighted by Crippen LogP contribution is 2.63. The summed E-state index contributed by atoms with van der Waals surface area (Å²) in [4.78, 5) is 11.4. The van der Waals surface area contributed by atoms with Gasteiger partial charge in [-0.25, -0.2) is 0 Å². The monoisotopic (exact) mass is 252 g/mol. The molecule has 0 amide bonds. The number of aliphatic hydroxyl groups excluding tert-OH is 1. The van der Waals surface area contributed by atoms with Crippen LogP contribution in [0.25, 0.3) is 0 Å². The molecule has 0 spiro atoms. The van der Waals surface area contributed by atoms with Crippen molar-refractivity contribution in [2.75, 3.05) is 0 Å². The van der Waals surface area contributed by atoms with Crippen LogP contribution in [-0.2, 0) is 4.79 Å². The molecule has 0 aromatic heterocycles. The molecule has 0 radical (unpaired) electrons. The molecule has 18 heavy (non-hydrogen) atoms. The summed E-state index contributed by atoms with van der Waals surface area (Å²) < 4.78 is 0. The van der Waals surface area contributed by atoms with Crippen LogP contribution in [0.5, 0.6) is 0 Å². The van der Waals surface area contributed by atoms with E-state index in [-0.39, 0.29) is 5.41 Å². The Morgan fingerprint density at radius 3 is 1.83 bits per heavy atom. The minimum Gasteiger partial charge on any atom is -0.481 e. The first-order chi connectivity index (χ1) is 8.33. The molecule has 4 aliphatic carbocycles. The highest BCUT2D eigenvalue weighted by atomic mass is 16.4. The van der Waals surface area contributed by atoms with Crippen LogP contribution in [-0.4, -0.2) is 22.3 Å². The van der Waals surface area contributed by atoms with Gasteiger partial charge in [0.2, 0.25) is 0 Å². The van der Waals surface area contributed by atoms with E-state index in [1.807, 2.05) is 0 Å². The number of hydrogen-bond donors (Lipinski definition) is 2. The van der Waals surface area contributed by atoms with Gasteiger partial charge >= 0.3 is 5.97 Å². The molecule has 4 aliphatic rings. The fraction of sp³-hybridized carbons (Fsp3) is 0.933. The topological polar surface area (TPSA) is 57.5 Å². The molecule has 102 valence electrons. The third-order valence-electron chi connectivity index (χ3n) is 5.90. The summed E-state index contributed by atoms with van der Waals surface area (Å²) in [5, 5.41) is 20.1. The Hall–Kier alpha value is -0.570. The van der Waals surface area contributed by atoms with E-state index in [4.69, 9.17) is 0 Å². The van der Waals surface area contributed by atoms with Gasteiger partial charge in [-0.05, 0) is 75.5 Å². The van der Waals surface area contributed by atoms with E-state index < -0.39 is 17.5 Å². The number of rotatable bonds is 3. The van der Waals surface area contributed by atoms with Crippen molar-refractivity contribution in [3.63, 3.8) is 0 Å². The Bertz CT molecular complexity index is 337. The maximum atomic E-state index is 11.4. The van der Waals surface area contributed by atoms with Gasteiger partial charge in [0, 0.05) is 0 Å². The van der Waals surface area contributed by atoms with E-state index >= 15 is 0 Å². The molecular weight excluding hydrogens is 228 g/mol. The van der Waals surface area contributed by atoms with Crippen LogP contribution in [0.3, 0.4) is 0 Å². The molecular formula is C15H24O3. The molecule has 0 aliphatic heterocycles. The van der Waals surface area contributed by atoms with Gasteiger partial charge in [-0.1, -0.05) is 0 Å². The van der Waals surface area contributed by atoms with Crippen LogP contribution < -0.4 is 0 Å². The lowest BCUT2D eigenvalue weighted by Crippen LogP contribution is -2.57. The van der Waals surface area contributed by atoms with Crippen molar-refractivity contribution in [3.05, 3.63) is 0 Å². The summed E-state index contributed by atoms with van der Waals surface area (Å²) >= 11 is 0. The predicted octanol–water partition coefficient (Wildman–Crippen LogP) is 2.67. The van der Waals surface area contributed by atoms with Crippen molar-refractivity contribution >= 4 is 5.97 Å². The van der Waals surface area contributed by atoms with Gasteiger partial charge < -0.3 is 10.2 Å². The number of hydrogen-bond acceptors (Lipinski definition) is 2. The molecule has 3 nitrogen and oxygen atoms in total. The predicted molar refractivity (Wildman–Crippen MR) is 68.0 cm³/mol. The van der Waals surface area contributed by atoms with Crippen molar-refractivity contribution in [1.29, 1.82) is 0 Å². The van der Waals surface area contributed by atoms with Crippen LogP contribution in [0, 0.1) is 28.6 Å². The Kier molecular flexibility index (Phi) is 2.58. The van der Waals surface area contributed by atoms with Gasteiger partial charge in [0.25, 0.3) is 0 Å². The van der Waals surface area contributed by atoms with Crippen LogP contribution in [0.1, 0.15) is 52.4 Å². The van der Waals surface area contributed by atoms with Gasteiger partial charge in [-0.2, -0.15) is 0 Å². The maximum absolute atomic E-state index is 11.4. The molecule has 4 fully saturated rings. The minimum absolute atomic E-state index is 0.101. The molecule has 0 aromatic carbocycles. The lowest BCUT2D eigenvalue weighted by Gasteiger charge is -2.60. The van der Waals surface area contributed by atoms with Gasteiger partial charge in [0.15, 0.2) is 0 Å². The van der Waals surface area contributed by atoms with E-state index in [9.17, 15) is 15.0 Å². The van der Waals surface area contributed by atoms with E-state index in [0.717, 1.165) is 37.0 Å². The molecule has 2 N–H and O–H groups in total. The summed E-state index contributed by atoms with van der Waals surface area (Å²) in [5.74, 6) is 1.37. The highest BCUT2D eigenvalue weighted by Gasteiger charge is 2.58. The van der Waals surface area contributed by atoms with Crippen LogP contribution in [0.15, 0.2) is 0 Å². The average Bonchev–Trinajstić information content (AvgIpc) is 2.25. The van der Waals surface area contributed by atoms with Crippen LogP contribution in [0.4, 0.5) is 0 Å². The summed E-state index contributed by atoms with van der Waals surface area (Å²) in [6, 6.07) is 0. The van der Waals surface area contributed by atoms with Crippen molar-refractivity contribution in [2.45, 2.75) is 58.5 Å². The Balaban J connectivity index is 1.89. The first-order valence-corrected chi connectivity index (χ1v) is 7.25. The highest BCUT2D eigenvalue weighted by molar-refractivity contribution is 5.74. The Labute approximate surface area is 109 Å². The number of carbonyl (C=O) groups is 1. The SMILES string of the molecule is CC(C)(C(=O)O)C(O)C12CC3CC(CC(C3)C1)C2. The molecule has 0 heterocycles. The molecule has 4 bridgehead atoms. The zero-order valence-corrected chi connectivity index (χ0v) is 11.4. The number of carboxylic acids is 1. The first-order valence-electron chi connectivity index (χ1n) is 7.25. The fourth-order valence-electron chi connectivity index (χ4n) is 5.39. The second-order valence-electron chi connectivity index (χ2n) is 7.71. The fourth-order valence-corrected chi connectivity index (χ4v) is 5.39. The molecule has 1 atom stereocenters. The van der Waals surface area contributed by atoms with E-state index in [2.05, 4.69) is 0 Å². The third kappa shape index (κ3) is 1.63. The lowest BCUT2D eigenvalue weighted by molar-refractivity contribution is -0.180.